The quantitative estimate of drug-likeness (QED) is 0.561. The molecule has 1 heterocycles. The number of carbonyl (C=O) groups is 3. The third-order valence-electron chi connectivity index (χ3n) is 5.87. The van der Waals surface area contributed by atoms with Gasteiger partial charge in [-0.25, -0.2) is 0 Å². The van der Waals surface area contributed by atoms with E-state index in [0.29, 0.717) is 5.69 Å². The number of anilines is 1. The summed E-state index contributed by atoms with van der Waals surface area (Å²) in [5, 5.41) is 8.65. The Morgan fingerprint density at radius 3 is 2.37 bits per heavy atom. The lowest BCUT2D eigenvalue weighted by Gasteiger charge is -2.33. The molecule has 1 saturated carbocycles. The highest BCUT2D eigenvalue weighted by Gasteiger charge is 2.26. The Labute approximate surface area is 186 Å². The van der Waals surface area contributed by atoms with E-state index in [1.807, 2.05) is 18.2 Å². The highest BCUT2D eigenvalue weighted by atomic mass is 79.9. The molecule has 3 rings (SSSR count). The molecule has 1 saturated heterocycles. The number of hydrogen-bond donors (Lipinski definition) is 3. The Morgan fingerprint density at radius 2 is 1.67 bits per heavy atom. The summed E-state index contributed by atoms with van der Waals surface area (Å²) in [6.45, 7) is 1.75. The van der Waals surface area contributed by atoms with Gasteiger partial charge < -0.3 is 16.0 Å². The summed E-state index contributed by atoms with van der Waals surface area (Å²) in [5.41, 5.74) is 0.675. The van der Waals surface area contributed by atoms with Crippen molar-refractivity contribution in [2.24, 2.45) is 5.92 Å². The van der Waals surface area contributed by atoms with Gasteiger partial charge in [-0.2, -0.15) is 0 Å². The van der Waals surface area contributed by atoms with Crippen molar-refractivity contribution in [3.05, 3.63) is 28.7 Å². The highest BCUT2D eigenvalue weighted by Crippen LogP contribution is 2.24. The number of rotatable bonds is 7. The Morgan fingerprint density at radius 1 is 0.967 bits per heavy atom. The number of para-hydroxylation sites is 1. The van der Waals surface area contributed by atoms with E-state index in [-0.39, 0.29) is 42.8 Å². The van der Waals surface area contributed by atoms with Gasteiger partial charge in [0.15, 0.2) is 0 Å². The Bertz CT molecular complexity index is 744. The second-order valence-electron chi connectivity index (χ2n) is 8.20. The molecule has 30 heavy (non-hydrogen) atoms. The monoisotopic (exact) mass is 478 g/mol. The molecular formula is C22H31BrN4O3. The smallest absolute Gasteiger partial charge is 0.243 e. The first-order valence-corrected chi connectivity index (χ1v) is 11.6. The predicted molar refractivity (Wildman–Crippen MR) is 120 cm³/mol. The summed E-state index contributed by atoms with van der Waals surface area (Å²) in [4.78, 5) is 38.7. The SMILES string of the molecule is O=C(CN1CCC(NC(=O)C2CCCCC2)CC1)NCC(=O)Nc1ccccc1Br. The van der Waals surface area contributed by atoms with Crippen molar-refractivity contribution in [3.8, 4) is 0 Å². The molecule has 1 aromatic carbocycles. The fraction of sp³-hybridized carbons (Fsp3) is 0.591. The van der Waals surface area contributed by atoms with Gasteiger partial charge in [-0.1, -0.05) is 31.4 Å². The topological polar surface area (TPSA) is 90.5 Å². The van der Waals surface area contributed by atoms with Crippen LogP contribution in [0.15, 0.2) is 28.7 Å². The van der Waals surface area contributed by atoms with Crippen LogP contribution in [0.4, 0.5) is 5.69 Å². The molecule has 3 amide bonds. The van der Waals surface area contributed by atoms with Crippen LogP contribution >= 0.6 is 15.9 Å². The summed E-state index contributed by atoms with van der Waals surface area (Å²) >= 11 is 3.38. The van der Waals surface area contributed by atoms with Crippen molar-refractivity contribution in [1.82, 2.24) is 15.5 Å². The molecule has 1 aromatic rings. The molecule has 2 aliphatic rings. The molecule has 0 atom stereocenters. The van der Waals surface area contributed by atoms with Crippen molar-refractivity contribution in [2.75, 3.05) is 31.5 Å². The van der Waals surface area contributed by atoms with Gasteiger partial charge in [-0.15, -0.1) is 0 Å². The molecule has 0 radical (unpaired) electrons. The van der Waals surface area contributed by atoms with Crippen LogP contribution in [0.3, 0.4) is 0 Å². The number of halogens is 1. The van der Waals surface area contributed by atoms with Gasteiger partial charge in [0.1, 0.15) is 0 Å². The van der Waals surface area contributed by atoms with Crippen LogP contribution in [0, 0.1) is 5.92 Å². The van der Waals surface area contributed by atoms with Crippen molar-refractivity contribution >= 4 is 39.3 Å². The third kappa shape index (κ3) is 7.09. The van der Waals surface area contributed by atoms with E-state index in [1.54, 1.807) is 6.07 Å². The maximum atomic E-state index is 12.4. The number of carbonyl (C=O) groups excluding carboxylic acids is 3. The van der Waals surface area contributed by atoms with Gasteiger partial charge in [0.05, 0.1) is 18.8 Å². The van der Waals surface area contributed by atoms with Crippen molar-refractivity contribution < 1.29 is 14.4 Å². The minimum atomic E-state index is -0.264. The maximum Gasteiger partial charge on any atom is 0.243 e. The number of hydrogen-bond acceptors (Lipinski definition) is 4. The Kier molecular flexibility index (Phi) is 8.69. The number of amides is 3. The van der Waals surface area contributed by atoms with Crippen LogP contribution in [0.2, 0.25) is 0 Å². The second kappa shape index (κ2) is 11.5. The average molecular weight is 479 g/mol. The number of nitrogens with one attached hydrogen (secondary N) is 3. The van der Waals surface area contributed by atoms with E-state index >= 15 is 0 Å². The second-order valence-corrected chi connectivity index (χ2v) is 9.05. The van der Waals surface area contributed by atoms with Gasteiger partial charge in [-0.05, 0) is 53.7 Å². The highest BCUT2D eigenvalue weighted by molar-refractivity contribution is 9.10. The van der Waals surface area contributed by atoms with Crippen LogP contribution in [0.1, 0.15) is 44.9 Å². The van der Waals surface area contributed by atoms with Gasteiger partial charge >= 0.3 is 0 Å². The van der Waals surface area contributed by atoms with Crippen LogP contribution in [-0.2, 0) is 14.4 Å². The fourth-order valence-corrected chi connectivity index (χ4v) is 4.50. The zero-order chi connectivity index (χ0) is 21.3. The first-order valence-electron chi connectivity index (χ1n) is 10.8. The summed E-state index contributed by atoms with van der Waals surface area (Å²) in [7, 11) is 0. The maximum absolute atomic E-state index is 12.4. The number of piperidine rings is 1. The number of benzene rings is 1. The van der Waals surface area contributed by atoms with Crippen molar-refractivity contribution in [2.45, 2.75) is 51.0 Å². The van der Waals surface area contributed by atoms with Gasteiger partial charge in [-0.3, -0.25) is 19.3 Å². The minimum Gasteiger partial charge on any atom is -0.353 e. The van der Waals surface area contributed by atoms with Crippen LogP contribution < -0.4 is 16.0 Å². The van der Waals surface area contributed by atoms with E-state index in [1.165, 1.54) is 6.42 Å². The summed E-state index contributed by atoms with van der Waals surface area (Å²) in [5.74, 6) is -0.0338. The fourth-order valence-electron chi connectivity index (χ4n) is 4.11. The van der Waals surface area contributed by atoms with E-state index in [0.717, 1.165) is 56.1 Å². The molecule has 7 nitrogen and oxygen atoms in total. The zero-order valence-electron chi connectivity index (χ0n) is 17.3. The predicted octanol–water partition coefficient (Wildman–Crippen LogP) is 2.66. The zero-order valence-corrected chi connectivity index (χ0v) is 18.9. The van der Waals surface area contributed by atoms with E-state index in [9.17, 15) is 14.4 Å². The lowest BCUT2D eigenvalue weighted by Crippen LogP contribution is -2.49. The molecule has 3 N–H and O–H groups in total. The van der Waals surface area contributed by atoms with Gasteiger partial charge in [0.25, 0.3) is 0 Å². The number of nitrogens with zero attached hydrogens (tertiary/aromatic N) is 1. The lowest BCUT2D eigenvalue weighted by molar-refractivity contribution is -0.127. The Balaban J connectivity index is 1.31. The molecule has 1 aliphatic carbocycles. The molecule has 2 fully saturated rings. The molecule has 0 spiro atoms. The lowest BCUT2D eigenvalue weighted by atomic mass is 9.88. The molecule has 0 bridgehead atoms. The molecular weight excluding hydrogens is 448 g/mol. The minimum absolute atomic E-state index is 0.0614. The summed E-state index contributed by atoms with van der Waals surface area (Å²) in [6.07, 6.45) is 7.30. The van der Waals surface area contributed by atoms with Gasteiger partial charge in [0.2, 0.25) is 17.7 Å². The van der Waals surface area contributed by atoms with E-state index in [2.05, 4.69) is 36.8 Å². The van der Waals surface area contributed by atoms with E-state index in [4.69, 9.17) is 0 Å². The first kappa shape index (κ1) is 22.7. The molecule has 8 heteroatoms. The van der Waals surface area contributed by atoms with Crippen molar-refractivity contribution in [3.63, 3.8) is 0 Å². The summed E-state index contributed by atoms with van der Waals surface area (Å²) in [6, 6.07) is 7.54. The van der Waals surface area contributed by atoms with Crippen LogP contribution in [0.5, 0.6) is 0 Å². The normalized spacial score (nSPS) is 18.6. The molecule has 164 valence electrons. The molecule has 0 unspecified atom stereocenters. The average Bonchev–Trinajstić information content (AvgIpc) is 2.76. The van der Waals surface area contributed by atoms with Crippen LogP contribution in [-0.4, -0.2) is 54.8 Å². The standard InChI is InChI=1S/C22H31BrN4O3/c23-18-8-4-5-9-19(18)26-20(28)14-24-21(29)15-27-12-10-17(11-13-27)25-22(30)16-6-2-1-3-7-16/h4-5,8-9,16-17H,1-3,6-7,10-15H2,(H,24,29)(H,25,30)(H,26,28). The van der Waals surface area contributed by atoms with E-state index < -0.39 is 0 Å². The largest absolute Gasteiger partial charge is 0.353 e. The van der Waals surface area contributed by atoms with Crippen molar-refractivity contribution in [1.29, 1.82) is 0 Å². The number of likely N-dealkylation sites (tertiary alicyclic amines) is 1. The third-order valence-corrected chi connectivity index (χ3v) is 6.56. The van der Waals surface area contributed by atoms with Crippen LogP contribution in [0.25, 0.3) is 0 Å². The summed E-state index contributed by atoms with van der Waals surface area (Å²) < 4.78 is 0.795. The molecule has 1 aliphatic heterocycles. The Hall–Kier alpha value is -1.93. The first-order chi connectivity index (χ1) is 14.5. The van der Waals surface area contributed by atoms with Gasteiger partial charge in [0, 0.05) is 29.5 Å². The molecule has 0 aromatic heterocycles.